The van der Waals surface area contributed by atoms with Gasteiger partial charge < -0.3 is 15.4 Å². The van der Waals surface area contributed by atoms with Crippen LogP contribution in [-0.4, -0.2) is 54.2 Å². The predicted octanol–water partition coefficient (Wildman–Crippen LogP) is 1.34. The zero-order valence-electron chi connectivity index (χ0n) is 13.2. The molecular weight excluding hydrogens is 373 g/mol. The number of hydrogen-bond donors (Lipinski definition) is 2. The van der Waals surface area contributed by atoms with E-state index in [0.29, 0.717) is 13.2 Å². The van der Waals surface area contributed by atoms with Crippen LogP contribution in [-0.2, 0) is 16.0 Å². The Morgan fingerprint density at radius 2 is 2.08 bits per heavy atom. The molecule has 134 valence electrons. The van der Waals surface area contributed by atoms with E-state index in [2.05, 4.69) is 25.6 Å². The van der Waals surface area contributed by atoms with Gasteiger partial charge in [0.2, 0.25) is 5.91 Å². The van der Waals surface area contributed by atoms with Crippen molar-refractivity contribution in [2.75, 3.05) is 33.4 Å². The lowest BCUT2D eigenvalue weighted by Gasteiger charge is -2.05. The first kappa shape index (κ1) is 22.7. The molecule has 1 amide bonds. The second-order valence-electron chi connectivity index (χ2n) is 4.50. The minimum Gasteiger partial charge on any atom is -0.383 e. The summed E-state index contributed by atoms with van der Waals surface area (Å²) in [7, 11) is 1.66. The SMILES string of the molecule is COCCNCCNC(=O)Cc1csc(-c2cnccn2)n1.Cl.Cl. The van der Waals surface area contributed by atoms with Gasteiger partial charge in [-0.2, -0.15) is 0 Å². The van der Waals surface area contributed by atoms with Crippen LogP contribution in [0.1, 0.15) is 5.69 Å². The summed E-state index contributed by atoms with van der Waals surface area (Å²) in [5, 5.41) is 8.66. The highest BCUT2D eigenvalue weighted by Crippen LogP contribution is 2.20. The van der Waals surface area contributed by atoms with E-state index in [9.17, 15) is 4.79 Å². The van der Waals surface area contributed by atoms with E-state index >= 15 is 0 Å². The van der Waals surface area contributed by atoms with Gasteiger partial charge in [0.1, 0.15) is 10.7 Å². The molecule has 10 heteroatoms. The van der Waals surface area contributed by atoms with E-state index in [-0.39, 0.29) is 37.1 Å². The monoisotopic (exact) mass is 393 g/mol. The van der Waals surface area contributed by atoms with E-state index in [1.165, 1.54) is 11.3 Å². The topological polar surface area (TPSA) is 89.0 Å². The quantitative estimate of drug-likeness (QED) is 0.624. The highest BCUT2D eigenvalue weighted by molar-refractivity contribution is 7.13. The first-order valence-electron chi connectivity index (χ1n) is 6.96. The van der Waals surface area contributed by atoms with Crippen LogP contribution in [0.25, 0.3) is 10.7 Å². The zero-order chi connectivity index (χ0) is 15.6. The Morgan fingerprint density at radius 1 is 1.25 bits per heavy atom. The number of carbonyl (C=O) groups is 1. The Bertz CT molecular complexity index is 586. The molecule has 0 saturated carbocycles. The Labute approximate surface area is 157 Å². The van der Waals surface area contributed by atoms with Gasteiger partial charge in [0.05, 0.1) is 24.9 Å². The summed E-state index contributed by atoms with van der Waals surface area (Å²) in [5.74, 6) is -0.0375. The molecule has 0 aromatic carbocycles. The zero-order valence-corrected chi connectivity index (χ0v) is 15.7. The fraction of sp³-hybridized carbons (Fsp3) is 0.429. The lowest BCUT2D eigenvalue weighted by Crippen LogP contribution is -2.33. The average Bonchev–Trinajstić information content (AvgIpc) is 3.00. The van der Waals surface area contributed by atoms with Gasteiger partial charge in [-0.15, -0.1) is 36.2 Å². The standard InChI is InChI=1S/C14H19N5O2S.2ClH/c1-21-7-6-15-2-5-18-13(20)8-11-10-22-14(19-11)12-9-16-3-4-17-12;;/h3-4,9-10,15H,2,5-8H2,1H3,(H,18,20);2*1H. The van der Waals surface area contributed by atoms with Crippen LogP contribution in [0.4, 0.5) is 0 Å². The fourth-order valence-corrected chi connectivity index (χ4v) is 2.51. The van der Waals surface area contributed by atoms with Gasteiger partial charge >= 0.3 is 0 Å². The molecule has 0 bridgehead atoms. The number of ether oxygens (including phenoxy) is 1. The molecule has 0 aliphatic heterocycles. The van der Waals surface area contributed by atoms with Crippen LogP contribution < -0.4 is 10.6 Å². The van der Waals surface area contributed by atoms with Crippen molar-refractivity contribution in [3.05, 3.63) is 29.7 Å². The molecule has 0 atom stereocenters. The summed E-state index contributed by atoms with van der Waals surface area (Å²) in [5.41, 5.74) is 1.47. The molecule has 24 heavy (non-hydrogen) atoms. The summed E-state index contributed by atoms with van der Waals surface area (Å²) in [6, 6.07) is 0. The van der Waals surface area contributed by atoms with E-state index in [4.69, 9.17) is 4.74 Å². The van der Waals surface area contributed by atoms with Gasteiger partial charge in [0, 0.05) is 44.5 Å². The second kappa shape index (κ2) is 13.0. The van der Waals surface area contributed by atoms with Crippen LogP contribution in [0.15, 0.2) is 24.0 Å². The summed E-state index contributed by atoms with van der Waals surface area (Å²) < 4.78 is 4.92. The predicted molar refractivity (Wildman–Crippen MR) is 99.1 cm³/mol. The number of hydrogen-bond acceptors (Lipinski definition) is 7. The van der Waals surface area contributed by atoms with Crippen molar-refractivity contribution in [1.82, 2.24) is 25.6 Å². The number of amides is 1. The highest BCUT2D eigenvalue weighted by Gasteiger charge is 2.09. The Balaban J connectivity index is 0.00000264. The van der Waals surface area contributed by atoms with Crippen molar-refractivity contribution in [2.24, 2.45) is 0 Å². The largest absolute Gasteiger partial charge is 0.383 e. The Hall–Kier alpha value is -1.32. The molecule has 0 fully saturated rings. The molecular formula is C14H21Cl2N5O2S. The van der Waals surface area contributed by atoms with Crippen molar-refractivity contribution >= 4 is 42.1 Å². The molecule has 2 N–H and O–H groups in total. The second-order valence-corrected chi connectivity index (χ2v) is 5.36. The van der Waals surface area contributed by atoms with E-state index in [1.54, 1.807) is 25.7 Å². The first-order chi connectivity index (χ1) is 10.8. The molecule has 2 heterocycles. The number of aromatic nitrogens is 3. The number of thiazole rings is 1. The van der Waals surface area contributed by atoms with Crippen LogP contribution in [0.3, 0.4) is 0 Å². The number of methoxy groups -OCH3 is 1. The molecule has 0 spiro atoms. The van der Waals surface area contributed by atoms with E-state index in [1.807, 2.05) is 5.38 Å². The molecule has 0 unspecified atom stereocenters. The first-order valence-corrected chi connectivity index (χ1v) is 7.84. The van der Waals surface area contributed by atoms with Crippen molar-refractivity contribution in [2.45, 2.75) is 6.42 Å². The summed E-state index contributed by atoms with van der Waals surface area (Å²) in [6.07, 6.45) is 5.18. The van der Waals surface area contributed by atoms with Gasteiger partial charge in [0.15, 0.2) is 0 Å². The minimum absolute atomic E-state index is 0. The lowest BCUT2D eigenvalue weighted by atomic mass is 10.3. The lowest BCUT2D eigenvalue weighted by molar-refractivity contribution is -0.120. The number of halogens is 2. The average molecular weight is 394 g/mol. The van der Waals surface area contributed by atoms with Crippen molar-refractivity contribution < 1.29 is 9.53 Å². The summed E-state index contributed by atoms with van der Waals surface area (Å²) >= 11 is 1.46. The molecule has 7 nitrogen and oxygen atoms in total. The molecule has 0 radical (unpaired) electrons. The van der Waals surface area contributed by atoms with Crippen molar-refractivity contribution in [1.29, 1.82) is 0 Å². The summed E-state index contributed by atoms with van der Waals surface area (Å²) in [6.45, 7) is 2.75. The maximum Gasteiger partial charge on any atom is 0.226 e. The fourth-order valence-electron chi connectivity index (χ4n) is 1.73. The van der Waals surface area contributed by atoms with Gasteiger partial charge in [-0.1, -0.05) is 0 Å². The van der Waals surface area contributed by atoms with Gasteiger partial charge in [-0.25, -0.2) is 4.98 Å². The molecule has 2 aromatic heterocycles. The Morgan fingerprint density at radius 3 is 2.79 bits per heavy atom. The van der Waals surface area contributed by atoms with Gasteiger partial charge in [-0.05, 0) is 0 Å². The Kier molecular flexibility index (Phi) is 12.3. The third kappa shape index (κ3) is 7.98. The van der Waals surface area contributed by atoms with Crippen LogP contribution >= 0.6 is 36.2 Å². The van der Waals surface area contributed by atoms with Gasteiger partial charge in [0.25, 0.3) is 0 Å². The number of nitrogens with one attached hydrogen (secondary N) is 2. The highest BCUT2D eigenvalue weighted by atomic mass is 35.5. The third-order valence-corrected chi connectivity index (χ3v) is 3.70. The maximum absolute atomic E-state index is 11.8. The number of nitrogens with zero attached hydrogens (tertiary/aromatic N) is 3. The third-order valence-electron chi connectivity index (χ3n) is 2.78. The van der Waals surface area contributed by atoms with Crippen LogP contribution in [0.5, 0.6) is 0 Å². The normalized spacial score (nSPS) is 9.71. The number of rotatable bonds is 9. The molecule has 2 rings (SSSR count). The summed E-state index contributed by atoms with van der Waals surface area (Å²) in [4.78, 5) is 24.4. The smallest absolute Gasteiger partial charge is 0.226 e. The van der Waals surface area contributed by atoms with Crippen LogP contribution in [0, 0.1) is 0 Å². The molecule has 0 aliphatic carbocycles. The molecule has 0 saturated heterocycles. The minimum atomic E-state index is -0.0375. The van der Waals surface area contributed by atoms with E-state index < -0.39 is 0 Å². The maximum atomic E-state index is 11.8. The van der Waals surface area contributed by atoms with E-state index in [0.717, 1.165) is 29.5 Å². The van der Waals surface area contributed by atoms with Crippen molar-refractivity contribution in [3.63, 3.8) is 0 Å². The van der Waals surface area contributed by atoms with Crippen molar-refractivity contribution in [3.8, 4) is 10.7 Å². The van der Waals surface area contributed by atoms with Crippen LogP contribution in [0.2, 0.25) is 0 Å². The molecule has 2 aromatic rings. The van der Waals surface area contributed by atoms with Gasteiger partial charge in [-0.3, -0.25) is 14.8 Å². The number of carbonyl (C=O) groups excluding carboxylic acids is 1. The molecule has 0 aliphatic rings.